The van der Waals surface area contributed by atoms with Gasteiger partial charge in [-0.1, -0.05) is 13.0 Å². The maximum absolute atomic E-state index is 12.6. The van der Waals surface area contributed by atoms with Crippen molar-refractivity contribution >= 4 is 23.6 Å². The molecule has 0 aromatic carbocycles. The Morgan fingerprint density at radius 2 is 2.11 bits per heavy atom. The Bertz CT molecular complexity index is 644. The van der Waals surface area contributed by atoms with Gasteiger partial charge in [-0.15, -0.1) is 11.8 Å². The Hall–Kier alpha value is -1.56. The zero-order valence-electron chi connectivity index (χ0n) is 16.5. The van der Waals surface area contributed by atoms with Crippen molar-refractivity contribution in [2.24, 2.45) is 5.41 Å². The van der Waals surface area contributed by atoms with Crippen molar-refractivity contribution in [3.05, 3.63) is 30.1 Å². The zero-order chi connectivity index (χ0) is 19.3. The summed E-state index contributed by atoms with van der Waals surface area (Å²) in [6.45, 7) is 7.38. The molecule has 2 fully saturated rings. The summed E-state index contributed by atoms with van der Waals surface area (Å²) in [6.07, 6.45) is 8.15. The van der Waals surface area contributed by atoms with Gasteiger partial charge in [-0.2, -0.15) is 0 Å². The summed E-state index contributed by atoms with van der Waals surface area (Å²) in [4.78, 5) is 33.2. The third-order valence-corrected chi connectivity index (χ3v) is 7.08. The lowest BCUT2D eigenvalue weighted by Gasteiger charge is -2.47. The fourth-order valence-corrected chi connectivity index (χ4v) is 5.10. The maximum atomic E-state index is 12.6. The number of nitrogens with zero attached hydrogens (tertiary/aromatic N) is 3. The quantitative estimate of drug-likeness (QED) is 0.751. The summed E-state index contributed by atoms with van der Waals surface area (Å²) in [5, 5.41) is 0.0490. The molecule has 2 amide bonds. The molecule has 6 heteroatoms. The van der Waals surface area contributed by atoms with Crippen LogP contribution in [0, 0.1) is 5.41 Å². The molecular weight excluding hydrogens is 358 g/mol. The highest BCUT2D eigenvalue weighted by Crippen LogP contribution is 2.40. The topological polar surface area (TPSA) is 53.5 Å². The Labute approximate surface area is 166 Å². The molecule has 2 aliphatic heterocycles. The Kier molecular flexibility index (Phi) is 6.79. The molecule has 3 rings (SSSR count). The molecule has 3 heterocycles. The van der Waals surface area contributed by atoms with Crippen LogP contribution in [0.4, 0.5) is 0 Å². The van der Waals surface area contributed by atoms with Crippen molar-refractivity contribution in [2.75, 3.05) is 31.9 Å². The highest BCUT2D eigenvalue weighted by Gasteiger charge is 2.41. The van der Waals surface area contributed by atoms with Crippen LogP contribution in [0.3, 0.4) is 0 Å². The van der Waals surface area contributed by atoms with Crippen molar-refractivity contribution in [3.8, 4) is 0 Å². The summed E-state index contributed by atoms with van der Waals surface area (Å²) in [6, 6.07) is 4.01. The lowest BCUT2D eigenvalue weighted by Crippen LogP contribution is -2.53. The van der Waals surface area contributed by atoms with Crippen molar-refractivity contribution < 1.29 is 9.59 Å². The minimum atomic E-state index is 0.0490. The summed E-state index contributed by atoms with van der Waals surface area (Å²) in [5.41, 5.74) is 1.37. The van der Waals surface area contributed by atoms with Gasteiger partial charge in [0.15, 0.2) is 0 Å². The molecule has 0 radical (unpaired) electrons. The van der Waals surface area contributed by atoms with E-state index < -0.39 is 0 Å². The van der Waals surface area contributed by atoms with Crippen molar-refractivity contribution in [3.63, 3.8) is 0 Å². The number of hydrogen-bond donors (Lipinski definition) is 0. The largest absolute Gasteiger partial charge is 0.342 e. The highest BCUT2D eigenvalue weighted by molar-refractivity contribution is 8.00. The fourth-order valence-electron chi connectivity index (χ4n) is 4.30. The third-order valence-electron chi connectivity index (χ3n) is 6.04. The van der Waals surface area contributed by atoms with E-state index in [1.807, 2.05) is 29.0 Å². The van der Waals surface area contributed by atoms with Crippen LogP contribution >= 0.6 is 11.8 Å². The van der Waals surface area contributed by atoms with Crippen molar-refractivity contribution in [1.82, 2.24) is 14.8 Å². The predicted molar refractivity (Wildman–Crippen MR) is 110 cm³/mol. The first-order valence-corrected chi connectivity index (χ1v) is 11.1. The highest BCUT2D eigenvalue weighted by atomic mass is 32.2. The number of thioether (sulfide) groups is 1. The number of carbonyl (C=O) groups is 2. The molecule has 1 aromatic heterocycles. The molecule has 0 aliphatic carbocycles. The number of carbonyl (C=O) groups excluding carboxylic acids is 2. The molecule has 148 valence electrons. The van der Waals surface area contributed by atoms with Crippen molar-refractivity contribution in [1.29, 1.82) is 0 Å². The van der Waals surface area contributed by atoms with E-state index in [4.69, 9.17) is 0 Å². The molecule has 27 heavy (non-hydrogen) atoms. The van der Waals surface area contributed by atoms with E-state index in [1.165, 1.54) is 5.56 Å². The molecule has 0 unspecified atom stereocenters. The Morgan fingerprint density at radius 1 is 1.33 bits per heavy atom. The first-order chi connectivity index (χ1) is 13.0. The summed E-state index contributed by atoms with van der Waals surface area (Å²) in [5.74, 6) is 1.52. The number of hydrogen-bond acceptors (Lipinski definition) is 4. The number of aromatic nitrogens is 1. The van der Waals surface area contributed by atoms with Crippen LogP contribution in [-0.2, 0) is 16.0 Å². The standard InChI is InChI=1S/C21H31N3O2S/c1-3-27-17(2)20(26)23-13-9-21(10-14-23)8-6-19(25)24(16-21)12-7-18-5-4-11-22-15-18/h4-5,11,15,17H,3,6-10,12-14,16H2,1-2H3/t17-/m0/s1. The van der Waals surface area contributed by atoms with Crippen LogP contribution in [0.5, 0.6) is 0 Å². The fraction of sp³-hybridized carbons (Fsp3) is 0.667. The second kappa shape index (κ2) is 9.09. The molecule has 2 aliphatic rings. The minimum absolute atomic E-state index is 0.0490. The van der Waals surface area contributed by atoms with Gasteiger partial charge in [0, 0.05) is 45.0 Å². The monoisotopic (exact) mass is 389 g/mol. The number of amides is 2. The van der Waals surface area contributed by atoms with Gasteiger partial charge in [-0.05, 0) is 55.4 Å². The van der Waals surface area contributed by atoms with Gasteiger partial charge in [0.25, 0.3) is 0 Å². The normalized spacial score (nSPS) is 20.7. The second-order valence-electron chi connectivity index (χ2n) is 7.85. The van der Waals surface area contributed by atoms with Crippen LogP contribution in [0.15, 0.2) is 24.5 Å². The van der Waals surface area contributed by atoms with Crippen LogP contribution in [0.25, 0.3) is 0 Å². The van der Waals surface area contributed by atoms with Gasteiger partial charge in [0.05, 0.1) is 5.25 Å². The van der Waals surface area contributed by atoms with Gasteiger partial charge < -0.3 is 9.80 Å². The van der Waals surface area contributed by atoms with Gasteiger partial charge in [0.1, 0.15) is 0 Å². The number of piperidine rings is 2. The minimum Gasteiger partial charge on any atom is -0.342 e. The Balaban J connectivity index is 1.54. The third kappa shape index (κ3) is 5.03. The predicted octanol–water partition coefficient (Wildman–Crippen LogP) is 3.00. The zero-order valence-corrected chi connectivity index (χ0v) is 17.3. The van der Waals surface area contributed by atoms with Crippen LogP contribution in [0.1, 0.15) is 45.1 Å². The molecule has 1 spiro atoms. The molecule has 0 saturated carbocycles. The first kappa shape index (κ1) is 20.2. The van der Waals surface area contributed by atoms with Gasteiger partial charge >= 0.3 is 0 Å². The number of pyridine rings is 1. The summed E-state index contributed by atoms with van der Waals surface area (Å²) in [7, 11) is 0. The van der Waals surface area contributed by atoms with Gasteiger partial charge in [-0.3, -0.25) is 14.6 Å². The van der Waals surface area contributed by atoms with Crippen LogP contribution in [-0.4, -0.2) is 63.8 Å². The van der Waals surface area contributed by atoms with Gasteiger partial charge in [0.2, 0.25) is 11.8 Å². The van der Waals surface area contributed by atoms with E-state index in [9.17, 15) is 9.59 Å². The second-order valence-corrected chi connectivity index (χ2v) is 9.47. The summed E-state index contributed by atoms with van der Waals surface area (Å²) < 4.78 is 0. The van der Waals surface area contributed by atoms with Crippen LogP contribution in [0.2, 0.25) is 0 Å². The molecule has 1 aromatic rings. The molecule has 0 N–H and O–H groups in total. The average molecular weight is 390 g/mol. The van der Waals surface area contributed by atoms with E-state index in [0.717, 1.165) is 57.6 Å². The molecule has 2 saturated heterocycles. The Morgan fingerprint density at radius 3 is 2.78 bits per heavy atom. The van der Waals surface area contributed by atoms with E-state index in [2.05, 4.69) is 18.0 Å². The van der Waals surface area contributed by atoms with E-state index >= 15 is 0 Å². The van der Waals surface area contributed by atoms with E-state index in [0.29, 0.717) is 6.42 Å². The maximum Gasteiger partial charge on any atom is 0.235 e. The lowest BCUT2D eigenvalue weighted by molar-refractivity contribution is -0.142. The van der Waals surface area contributed by atoms with E-state index in [1.54, 1.807) is 18.0 Å². The number of likely N-dealkylation sites (tertiary alicyclic amines) is 2. The molecular formula is C21H31N3O2S. The lowest BCUT2D eigenvalue weighted by atomic mass is 9.72. The summed E-state index contributed by atoms with van der Waals surface area (Å²) >= 11 is 1.72. The van der Waals surface area contributed by atoms with Gasteiger partial charge in [-0.25, -0.2) is 0 Å². The SMILES string of the molecule is CCS[C@@H](C)C(=O)N1CCC2(CCC(=O)N(CCc3cccnc3)C2)CC1. The molecule has 0 bridgehead atoms. The van der Waals surface area contributed by atoms with E-state index in [-0.39, 0.29) is 22.5 Å². The number of rotatable bonds is 6. The molecule has 1 atom stereocenters. The molecule has 5 nitrogen and oxygen atoms in total. The average Bonchev–Trinajstić information content (AvgIpc) is 2.70. The van der Waals surface area contributed by atoms with Crippen LogP contribution < -0.4 is 0 Å². The first-order valence-electron chi connectivity index (χ1n) is 10.1. The van der Waals surface area contributed by atoms with Crippen molar-refractivity contribution in [2.45, 2.75) is 51.2 Å². The smallest absolute Gasteiger partial charge is 0.235 e.